The van der Waals surface area contributed by atoms with Gasteiger partial charge in [0.25, 0.3) is 5.91 Å². The number of ether oxygens (including phenoxy) is 2. The summed E-state index contributed by atoms with van der Waals surface area (Å²) < 4.78 is 13.0. The first kappa shape index (κ1) is 20.2. The van der Waals surface area contributed by atoms with Gasteiger partial charge < -0.3 is 9.47 Å². The zero-order chi connectivity index (χ0) is 19.9. The first-order valence-electron chi connectivity index (χ1n) is 8.70. The highest BCUT2D eigenvalue weighted by Crippen LogP contribution is 2.29. The molecule has 3 aromatic rings. The van der Waals surface area contributed by atoms with Crippen molar-refractivity contribution in [1.29, 1.82) is 0 Å². The Morgan fingerprint density at radius 3 is 2.86 bits per heavy atom. The Morgan fingerprint density at radius 1 is 1.29 bits per heavy atom. The number of hydrogen-bond acceptors (Lipinski definition) is 7. The Balaban J connectivity index is 1.54. The van der Waals surface area contributed by atoms with Crippen molar-refractivity contribution < 1.29 is 14.3 Å². The summed E-state index contributed by atoms with van der Waals surface area (Å²) in [6, 6.07) is 13.4. The number of carbonyl (C=O) groups excluding carboxylic acids is 1. The number of rotatable bonds is 8. The number of thioether (sulfide) groups is 1. The van der Waals surface area contributed by atoms with Crippen LogP contribution in [0.4, 0.5) is 0 Å². The molecule has 1 N–H and O–H groups in total. The second kappa shape index (κ2) is 9.57. The first-order chi connectivity index (χ1) is 13.5. The van der Waals surface area contributed by atoms with Crippen molar-refractivity contribution in [3.63, 3.8) is 0 Å². The second-order valence-electron chi connectivity index (χ2n) is 6.11. The lowest BCUT2D eigenvalue weighted by Gasteiger charge is -2.13. The molecule has 0 aliphatic rings. The third-order valence-electron chi connectivity index (χ3n) is 3.55. The Bertz CT molecular complexity index is 953. The van der Waals surface area contributed by atoms with Crippen molar-refractivity contribution in [1.82, 2.24) is 10.4 Å². The van der Waals surface area contributed by atoms with Crippen LogP contribution in [0.2, 0.25) is 0 Å². The summed E-state index contributed by atoms with van der Waals surface area (Å²) in [6.07, 6.45) is 1.60. The molecule has 2 aromatic carbocycles. The molecule has 1 aromatic heterocycles. The predicted octanol–water partition coefficient (Wildman–Crippen LogP) is 4.33. The fraction of sp³-hybridized carbons (Fsp3) is 0.250. The summed E-state index contributed by atoms with van der Waals surface area (Å²) in [7, 11) is 1.60. The number of nitrogens with one attached hydrogen (secondary N) is 1. The van der Waals surface area contributed by atoms with Gasteiger partial charge in [0, 0.05) is 0 Å². The zero-order valence-electron chi connectivity index (χ0n) is 15.8. The molecule has 1 amide bonds. The number of thiazole rings is 1. The first-order valence-corrected chi connectivity index (χ1v) is 10.5. The Labute approximate surface area is 172 Å². The van der Waals surface area contributed by atoms with E-state index in [0.29, 0.717) is 11.5 Å². The molecule has 0 bridgehead atoms. The normalized spacial score (nSPS) is 11.3. The van der Waals surface area contributed by atoms with E-state index in [9.17, 15) is 4.79 Å². The van der Waals surface area contributed by atoms with Crippen LogP contribution in [0.1, 0.15) is 19.4 Å². The molecule has 3 rings (SSSR count). The lowest BCUT2D eigenvalue weighted by Crippen LogP contribution is -2.19. The molecule has 0 saturated carbocycles. The molecule has 1 heterocycles. The highest BCUT2D eigenvalue weighted by molar-refractivity contribution is 8.01. The topological polar surface area (TPSA) is 72.8 Å². The molecule has 146 valence electrons. The van der Waals surface area contributed by atoms with Crippen LogP contribution in [0, 0.1) is 0 Å². The zero-order valence-corrected chi connectivity index (χ0v) is 17.5. The Kier molecular flexibility index (Phi) is 6.89. The molecule has 0 spiro atoms. The summed E-state index contributed by atoms with van der Waals surface area (Å²) in [6.45, 7) is 3.90. The summed E-state index contributed by atoms with van der Waals surface area (Å²) >= 11 is 2.98. The van der Waals surface area contributed by atoms with Crippen LogP contribution < -0.4 is 14.9 Å². The SMILES string of the molecule is COc1ccc(/C=N\NC(=O)CSc2nc3ccccc3s2)cc1OC(C)C. The second-order valence-corrected chi connectivity index (χ2v) is 8.36. The third kappa shape index (κ3) is 5.46. The summed E-state index contributed by atoms with van der Waals surface area (Å²) in [4.78, 5) is 16.5. The molecule has 0 fully saturated rings. The maximum atomic E-state index is 12.0. The van der Waals surface area contributed by atoms with Crippen LogP contribution in [-0.4, -0.2) is 36.1 Å². The predicted molar refractivity (Wildman–Crippen MR) is 115 cm³/mol. The van der Waals surface area contributed by atoms with Crippen LogP contribution in [-0.2, 0) is 4.79 Å². The number of para-hydroxylation sites is 1. The van der Waals surface area contributed by atoms with Gasteiger partial charge in [-0.2, -0.15) is 5.10 Å². The minimum Gasteiger partial charge on any atom is -0.493 e. The van der Waals surface area contributed by atoms with Crippen LogP contribution in [0.5, 0.6) is 11.5 Å². The molecule has 0 saturated heterocycles. The van der Waals surface area contributed by atoms with E-state index in [2.05, 4.69) is 15.5 Å². The quantitative estimate of drug-likeness (QED) is 0.337. The summed E-state index contributed by atoms with van der Waals surface area (Å²) in [5.74, 6) is 1.36. The Morgan fingerprint density at radius 2 is 2.11 bits per heavy atom. The van der Waals surface area contributed by atoms with Crippen LogP contribution >= 0.6 is 23.1 Å². The van der Waals surface area contributed by atoms with Gasteiger partial charge in [0.2, 0.25) is 0 Å². The van der Waals surface area contributed by atoms with Crippen LogP contribution in [0.15, 0.2) is 51.9 Å². The molecule has 0 aliphatic heterocycles. The van der Waals surface area contributed by atoms with Gasteiger partial charge in [0.15, 0.2) is 15.8 Å². The van der Waals surface area contributed by atoms with Crippen molar-refractivity contribution in [2.24, 2.45) is 5.10 Å². The van der Waals surface area contributed by atoms with E-state index in [4.69, 9.17) is 9.47 Å². The monoisotopic (exact) mass is 415 g/mol. The van der Waals surface area contributed by atoms with E-state index >= 15 is 0 Å². The van der Waals surface area contributed by atoms with Crippen LogP contribution in [0.3, 0.4) is 0 Å². The van der Waals surface area contributed by atoms with Gasteiger partial charge in [-0.25, -0.2) is 10.4 Å². The highest BCUT2D eigenvalue weighted by Gasteiger charge is 2.08. The van der Waals surface area contributed by atoms with E-state index in [-0.39, 0.29) is 17.8 Å². The molecular formula is C20H21N3O3S2. The standard InChI is InChI=1S/C20H21N3O3S2/c1-13(2)26-17-10-14(8-9-16(17)25-3)11-21-23-19(24)12-27-20-22-15-6-4-5-7-18(15)28-20/h4-11,13H,12H2,1-3H3,(H,23,24)/b21-11-. The molecule has 6 nitrogen and oxygen atoms in total. The number of nitrogens with zero attached hydrogens (tertiary/aromatic N) is 2. The molecule has 0 radical (unpaired) electrons. The van der Waals surface area contributed by atoms with E-state index in [1.54, 1.807) is 24.7 Å². The van der Waals surface area contributed by atoms with Gasteiger partial charge in [-0.3, -0.25) is 4.79 Å². The average molecular weight is 416 g/mol. The third-order valence-corrected chi connectivity index (χ3v) is 5.73. The minimum absolute atomic E-state index is 0.0281. The largest absolute Gasteiger partial charge is 0.493 e. The number of hydrogen-bond donors (Lipinski definition) is 1. The van der Waals surface area contributed by atoms with Gasteiger partial charge in [-0.05, 0) is 49.7 Å². The van der Waals surface area contributed by atoms with E-state index in [1.165, 1.54) is 11.8 Å². The number of amides is 1. The molecule has 8 heteroatoms. The number of hydrazone groups is 1. The molecule has 28 heavy (non-hydrogen) atoms. The number of benzene rings is 2. The number of fused-ring (bicyclic) bond motifs is 1. The van der Waals surface area contributed by atoms with Crippen LogP contribution in [0.25, 0.3) is 10.2 Å². The van der Waals surface area contributed by atoms with Gasteiger partial charge in [-0.15, -0.1) is 11.3 Å². The van der Waals surface area contributed by atoms with E-state index < -0.39 is 0 Å². The van der Waals surface area contributed by atoms with Crippen molar-refractivity contribution >= 4 is 45.4 Å². The molecule has 0 atom stereocenters. The Hall–Kier alpha value is -2.58. The fourth-order valence-corrected chi connectivity index (χ4v) is 4.23. The molecular weight excluding hydrogens is 394 g/mol. The maximum Gasteiger partial charge on any atom is 0.250 e. The van der Waals surface area contributed by atoms with Crippen molar-refractivity contribution in [3.8, 4) is 11.5 Å². The van der Waals surface area contributed by atoms with Crippen molar-refractivity contribution in [2.45, 2.75) is 24.3 Å². The van der Waals surface area contributed by atoms with Gasteiger partial charge in [0.1, 0.15) is 0 Å². The maximum absolute atomic E-state index is 12.0. The van der Waals surface area contributed by atoms with E-state index in [1.807, 2.05) is 56.3 Å². The lowest BCUT2D eigenvalue weighted by molar-refractivity contribution is -0.118. The van der Waals surface area contributed by atoms with Gasteiger partial charge in [0.05, 0.1) is 35.4 Å². The van der Waals surface area contributed by atoms with Gasteiger partial charge in [-0.1, -0.05) is 23.9 Å². The highest BCUT2D eigenvalue weighted by atomic mass is 32.2. The summed E-state index contributed by atoms with van der Waals surface area (Å²) in [5, 5.41) is 4.02. The number of methoxy groups -OCH3 is 1. The average Bonchev–Trinajstić information content (AvgIpc) is 3.09. The fourth-order valence-electron chi connectivity index (χ4n) is 2.37. The van der Waals surface area contributed by atoms with E-state index in [0.717, 1.165) is 20.1 Å². The number of carbonyl (C=O) groups is 1. The smallest absolute Gasteiger partial charge is 0.250 e. The molecule has 0 aliphatic carbocycles. The number of aromatic nitrogens is 1. The lowest BCUT2D eigenvalue weighted by atomic mass is 10.2. The van der Waals surface area contributed by atoms with Crippen molar-refractivity contribution in [3.05, 3.63) is 48.0 Å². The van der Waals surface area contributed by atoms with Crippen molar-refractivity contribution in [2.75, 3.05) is 12.9 Å². The minimum atomic E-state index is -0.187. The van der Waals surface area contributed by atoms with Gasteiger partial charge >= 0.3 is 0 Å². The molecule has 0 unspecified atom stereocenters. The summed E-state index contributed by atoms with van der Waals surface area (Å²) in [5.41, 5.74) is 4.29.